The number of hydrogen-bond donors (Lipinski definition) is 0. The predicted octanol–water partition coefficient (Wildman–Crippen LogP) is 5.43. The van der Waals surface area contributed by atoms with Crippen molar-refractivity contribution in [1.82, 2.24) is 15.0 Å². The van der Waals surface area contributed by atoms with E-state index in [-0.39, 0.29) is 0 Å². The van der Waals surface area contributed by atoms with Gasteiger partial charge in [0.2, 0.25) is 0 Å². The zero-order chi connectivity index (χ0) is 18.9. The summed E-state index contributed by atoms with van der Waals surface area (Å²) in [5.41, 5.74) is 3.50. The van der Waals surface area contributed by atoms with E-state index >= 15 is 0 Å². The van der Waals surface area contributed by atoms with Gasteiger partial charge in [-0.15, -0.1) is 0 Å². The number of piperidine rings is 1. The van der Waals surface area contributed by atoms with Crippen LogP contribution in [0.1, 0.15) is 55.5 Å². The summed E-state index contributed by atoms with van der Waals surface area (Å²) >= 11 is 12.3. The third kappa shape index (κ3) is 4.22. The second-order valence-corrected chi connectivity index (χ2v) is 8.82. The predicted molar refractivity (Wildman–Crippen MR) is 111 cm³/mol. The molecule has 4 nitrogen and oxygen atoms in total. The van der Waals surface area contributed by atoms with Gasteiger partial charge in [0.05, 0.1) is 23.1 Å². The summed E-state index contributed by atoms with van der Waals surface area (Å²) in [4.78, 5) is 15.9. The molecule has 2 aromatic rings. The Hall–Kier alpha value is -1.39. The average Bonchev–Trinajstić information content (AvgIpc) is 3.12. The van der Waals surface area contributed by atoms with Crippen molar-refractivity contribution in [2.45, 2.75) is 58.3 Å². The zero-order valence-electron chi connectivity index (χ0n) is 15.8. The highest BCUT2D eigenvalue weighted by Gasteiger charge is 2.37. The minimum Gasteiger partial charge on any atom is -0.355 e. The van der Waals surface area contributed by atoms with Crippen molar-refractivity contribution in [3.63, 3.8) is 0 Å². The maximum Gasteiger partial charge on any atom is 0.148 e. The first-order chi connectivity index (χ1) is 13.0. The van der Waals surface area contributed by atoms with E-state index in [1.165, 1.54) is 38.5 Å². The fourth-order valence-corrected chi connectivity index (χ4v) is 5.05. The molecule has 27 heavy (non-hydrogen) atoms. The van der Waals surface area contributed by atoms with Crippen molar-refractivity contribution >= 4 is 29.0 Å². The van der Waals surface area contributed by atoms with Crippen LogP contribution in [0.3, 0.4) is 0 Å². The minimum absolute atomic E-state index is 0.373. The monoisotopic (exact) mass is 404 g/mol. The summed E-state index contributed by atoms with van der Waals surface area (Å²) in [6.45, 7) is 4.14. The van der Waals surface area contributed by atoms with Gasteiger partial charge in [-0.1, -0.05) is 36.0 Å². The molecule has 1 saturated carbocycles. The van der Waals surface area contributed by atoms with Crippen LogP contribution in [0.15, 0.2) is 18.5 Å². The molecule has 2 aliphatic rings. The molecule has 1 saturated heterocycles. The highest BCUT2D eigenvalue weighted by molar-refractivity contribution is 6.41. The number of nitrogens with zero attached hydrogens (tertiary/aromatic N) is 4. The molecule has 1 aliphatic heterocycles. The summed E-state index contributed by atoms with van der Waals surface area (Å²) in [6.07, 6.45) is 13.7. The van der Waals surface area contributed by atoms with Gasteiger partial charge in [0.1, 0.15) is 11.0 Å². The van der Waals surface area contributed by atoms with Crippen molar-refractivity contribution in [1.29, 1.82) is 0 Å². The molecule has 0 amide bonds. The van der Waals surface area contributed by atoms with Gasteiger partial charge >= 0.3 is 0 Å². The molecule has 144 valence electrons. The normalized spacial score (nSPS) is 19.0. The van der Waals surface area contributed by atoms with Crippen LogP contribution in [-0.2, 0) is 12.8 Å². The average molecular weight is 405 g/mol. The van der Waals surface area contributed by atoms with Gasteiger partial charge in [-0.3, -0.25) is 4.98 Å². The van der Waals surface area contributed by atoms with E-state index in [1.54, 1.807) is 0 Å². The second-order valence-electron chi connectivity index (χ2n) is 8.09. The molecule has 0 radical (unpaired) electrons. The summed E-state index contributed by atoms with van der Waals surface area (Å²) < 4.78 is 0. The number of rotatable bonds is 4. The fraction of sp³-hybridized carbons (Fsp3) is 0.571. The Morgan fingerprint density at radius 1 is 1.00 bits per heavy atom. The maximum atomic E-state index is 6.27. The van der Waals surface area contributed by atoms with Gasteiger partial charge in [0, 0.05) is 18.8 Å². The number of anilines is 1. The Labute approximate surface area is 171 Å². The first-order valence-electron chi connectivity index (χ1n) is 9.92. The number of aromatic nitrogens is 3. The van der Waals surface area contributed by atoms with Crippen LogP contribution in [-0.4, -0.2) is 28.0 Å². The van der Waals surface area contributed by atoms with Crippen molar-refractivity contribution in [3.8, 4) is 0 Å². The number of hydrogen-bond acceptors (Lipinski definition) is 4. The summed E-state index contributed by atoms with van der Waals surface area (Å²) in [7, 11) is 0. The van der Waals surface area contributed by atoms with Crippen LogP contribution < -0.4 is 4.90 Å². The van der Waals surface area contributed by atoms with Crippen molar-refractivity contribution in [2.24, 2.45) is 5.41 Å². The molecule has 0 unspecified atom stereocenters. The maximum absolute atomic E-state index is 6.27. The number of aryl methyl sites for hydroxylation is 3. The van der Waals surface area contributed by atoms with Crippen molar-refractivity contribution < 1.29 is 0 Å². The first-order valence-corrected chi connectivity index (χ1v) is 10.7. The first kappa shape index (κ1) is 18.9. The third-order valence-corrected chi connectivity index (χ3v) is 7.07. The lowest BCUT2D eigenvalue weighted by molar-refractivity contribution is 0.226. The Bertz CT molecular complexity index is 791. The van der Waals surface area contributed by atoms with Gasteiger partial charge < -0.3 is 4.90 Å². The zero-order valence-corrected chi connectivity index (χ0v) is 17.4. The number of halogens is 2. The molecule has 0 atom stereocenters. The third-order valence-electron chi connectivity index (χ3n) is 6.28. The van der Waals surface area contributed by atoms with E-state index in [0.717, 1.165) is 48.7 Å². The van der Waals surface area contributed by atoms with Crippen LogP contribution in [0, 0.1) is 12.3 Å². The van der Waals surface area contributed by atoms with E-state index < -0.39 is 0 Å². The lowest BCUT2D eigenvalue weighted by Gasteiger charge is -2.39. The summed E-state index contributed by atoms with van der Waals surface area (Å²) in [5, 5.41) is 0.916. The number of pyridine rings is 1. The highest BCUT2D eigenvalue weighted by Crippen LogP contribution is 2.46. The topological polar surface area (TPSA) is 41.9 Å². The van der Waals surface area contributed by atoms with E-state index in [4.69, 9.17) is 23.2 Å². The van der Waals surface area contributed by atoms with Crippen LogP contribution in [0.5, 0.6) is 0 Å². The fourth-order valence-electron chi connectivity index (χ4n) is 4.60. The van der Waals surface area contributed by atoms with Gasteiger partial charge in [-0.05, 0) is 62.5 Å². The summed E-state index contributed by atoms with van der Waals surface area (Å²) in [6, 6.07) is 1.99. The van der Waals surface area contributed by atoms with Crippen molar-refractivity contribution in [2.75, 3.05) is 18.0 Å². The van der Waals surface area contributed by atoms with Crippen LogP contribution in [0.2, 0.25) is 10.2 Å². The van der Waals surface area contributed by atoms with Gasteiger partial charge in [-0.25, -0.2) is 9.97 Å². The minimum atomic E-state index is 0.373. The molecular formula is C21H26Cl2N4. The van der Waals surface area contributed by atoms with Gasteiger partial charge in [-0.2, -0.15) is 0 Å². The van der Waals surface area contributed by atoms with E-state index in [0.29, 0.717) is 15.6 Å². The standard InChI is InChI=1S/C21H26Cl2N4/c1-15-12-16(19(22)20(23)26-15)4-5-17-13-25-18(14-24-17)27-10-8-21(9-11-27)6-2-3-7-21/h12-14H,2-11H2,1H3. The summed E-state index contributed by atoms with van der Waals surface area (Å²) in [5.74, 6) is 1.01. The van der Waals surface area contributed by atoms with Crippen molar-refractivity contribution in [3.05, 3.63) is 45.6 Å². The molecule has 2 aromatic heterocycles. The SMILES string of the molecule is Cc1cc(CCc2cnc(N3CCC4(CCCC4)CC3)cn2)c(Cl)c(Cl)n1. The van der Waals surface area contributed by atoms with Crippen LogP contribution >= 0.6 is 23.2 Å². The Morgan fingerprint density at radius 2 is 1.74 bits per heavy atom. The molecule has 1 spiro atoms. The van der Waals surface area contributed by atoms with Crippen LogP contribution in [0.4, 0.5) is 5.82 Å². The molecular weight excluding hydrogens is 379 g/mol. The van der Waals surface area contributed by atoms with E-state index in [2.05, 4.69) is 19.9 Å². The molecule has 3 heterocycles. The quantitative estimate of drug-likeness (QED) is 0.636. The van der Waals surface area contributed by atoms with Crippen LogP contribution in [0.25, 0.3) is 0 Å². The molecule has 4 rings (SSSR count). The van der Waals surface area contributed by atoms with Gasteiger partial charge in [0.25, 0.3) is 0 Å². The lowest BCUT2D eigenvalue weighted by atomic mass is 9.77. The Balaban J connectivity index is 1.36. The Kier molecular flexibility index (Phi) is 5.56. The second kappa shape index (κ2) is 7.92. The molecule has 2 fully saturated rings. The molecule has 6 heteroatoms. The Morgan fingerprint density at radius 3 is 2.41 bits per heavy atom. The molecule has 0 aromatic carbocycles. The van der Waals surface area contributed by atoms with E-state index in [9.17, 15) is 0 Å². The molecule has 0 N–H and O–H groups in total. The van der Waals surface area contributed by atoms with Gasteiger partial charge in [0.15, 0.2) is 0 Å². The smallest absolute Gasteiger partial charge is 0.148 e. The lowest BCUT2D eigenvalue weighted by Crippen LogP contribution is -2.39. The van der Waals surface area contributed by atoms with E-state index in [1.807, 2.05) is 25.4 Å². The largest absolute Gasteiger partial charge is 0.355 e. The molecule has 1 aliphatic carbocycles. The molecule has 0 bridgehead atoms. The highest BCUT2D eigenvalue weighted by atomic mass is 35.5.